The number of fused-ring (bicyclic) bond motifs is 1. The maximum absolute atomic E-state index is 12.4. The molecule has 5 nitrogen and oxygen atoms in total. The Morgan fingerprint density at radius 2 is 1.62 bits per heavy atom. The highest BCUT2D eigenvalue weighted by Gasteiger charge is 2.31. The Labute approximate surface area is 122 Å². The zero-order valence-corrected chi connectivity index (χ0v) is 11.7. The highest BCUT2D eigenvalue weighted by atomic mass is 32.2. The van der Waals surface area contributed by atoms with Crippen LogP contribution in [-0.2, 0) is 10.0 Å². The summed E-state index contributed by atoms with van der Waals surface area (Å²) in [5.41, 5.74) is 1.10. The molecule has 106 valence electrons. The van der Waals surface area contributed by atoms with E-state index in [1.54, 1.807) is 48.5 Å². The fraction of sp³-hybridized carbons (Fsp3) is 0. The predicted molar refractivity (Wildman–Crippen MR) is 80.0 cm³/mol. The van der Waals surface area contributed by atoms with E-state index in [2.05, 4.69) is 5.32 Å². The topological polar surface area (TPSA) is 66.5 Å². The van der Waals surface area contributed by atoms with Crippen LogP contribution in [0, 0.1) is 0 Å². The van der Waals surface area contributed by atoms with Crippen LogP contribution < -0.4 is 5.32 Å². The number of nitrogens with zero attached hydrogens (tertiary/aromatic N) is 1. The number of urea groups is 1. The lowest BCUT2D eigenvalue weighted by Crippen LogP contribution is -2.37. The monoisotopic (exact) mass is 300 g/mol. The van der Waals surface area contributed by atoms with Gasteiger partial charge in [0.05, 0.1) is 4.90 Å². The van der Waals surface area contributed by atoms with Gasteiger partial charge in [-0.3, -0.25) is 0 Å². The molecule has 2 amide bonds. The second kappa shape index (κ2) is 5.06. The minimum absolute atomic E-state index is 0.121. The van der Waals surface area contributed by atoms with E-state index in [-0.39, 0.29) is 4.90 Å². The second-order valence-electron chi connectivity index (χ2n) is 4.45. The summed E-state index contributed by atoms with van der Waals surface area (Å²) in [5.74, 6) is 0. The van der Waals surface area contributed by atoms with E-state index in [1.165, 1.54) is 12.3 Å². The van der Waals surface area contributed by atoms with Gasteiger partial charge in [-0.2, -0.15) is 4.31 Å². The van der Waals surface area contributed by atoms with Crippen LogP contribution in [0.3, 0.4) is 0 Å². The lowest BCUT2D eigenvalue weighted by molar-refractivity contribution is 0.243. The van der Waals surface area contributed by atoms with Gasteiger partial charge < -0.3 is 5.32 Å². The van der Waals surface area contributed by atoms with Gasteiger partial charge in [0.25, 0.3) is 10.0 Å². The minimum Gasteiger partial charge on any atom is -0.307 e. The third-order valence-corrected chi connectivity index (χ3v) is 4.80. The first-order valence-electron chi connectivity index (χ1n) is 6.27. The second-order valence-corrected chi connectivity index (χ2v) is 6.23. The van der Waals surface area contributed by atoms with Crippen molar-refractivity contribution in [3.63, 3.8) is 0 Å². The summed E-state index contributed by atoms with van der Waals surface area (Å²) >= 11 is 0. The summed E-state index contributed by atoms with van der Waals surface area (Å²) in [6.45, 7) is 0. The van der Waals surface area contributed by atoms with Gasteiger partial charge in [0.2, 0.25) is 0 Å². The van der Waals surface area contributed by atoms with E-state index in [0.29, 0.717) is 15.6 Å². The minimum atomic E-state index is -3.87. The average molecular weight is 300 g/mol. The molecule has 0 aromatic heterocycles. The molecule has 0 unspecified atom stereocenters. The maximum Gasteiger partial charge on any atom is 0.339 e. The number of hydrogen-bond acceptors (Lipinski definition) is 3. The summed E-state index contributed by atoms with van der Waals surface area (Å²) < 4.78 is 25.6. The first kappa shape index (κ1) is 13.4. The summed E-state index contributed by atoms with van der Waals surface area (Å²) in [4.78, 5) is 12.3. The molecule has 0 aliphatic carbocycles. The van der Waals surface area contributed by atoms with E-state index in [0.717, 1.165) is 0 Å². The number of para-hydroxylation sites is 1. The molecular weight excluding hydrogens is 288 g/mol. The number of benzene rings is 2. The Hall–Kier alpha value is -2.60. The van der Waals surface area contributed by atoms with Crippen LogP contribution in [0.2, 0.25) is 0 Å². The first-order valence-corrected chi connectivity index (χ1v) is 7.71. The number of carbonyl (C=O) groups is 1. The molecule has 2 aromatic rings. The smallest absolute Gasteiger partial charge is 0.307 e. The van der Waals surface area contributed by atoms with E-state index in [4.69, 9.17) is 0 Å². The van der Waals surface area contributed by atoms with Crippen LogP contribution in [0.1, 0.15) is 5.56 Å². The molecule has 0 atom stereocenters. The van der Waals surface area contributed by atoms with Crippen LogP contribution in [0.5, 0.6) is 0 Å². The summed E-state index contributed by atoms with van der Waals surface area (Å²) in [5, 5.41) is 2.55. The molecule has 0 spiro atoms. The van der Waals surface area contributed by atoms with Gasteiger partial charge in [-0.25, -0.2) is 13.2 Å². The molecule has 1 N–H and O–H groups in total. The largest absolute Gasteiger partial charge is 0.339 e. The average Bonchev–Trinajstić information content (AvgIpc) is 2.48. The van der Waals surface area contributed by atoms with Gasteiger partial charge in [-0.05, 0) is 29.8 Å². The summed E-state index contributed by atoms with van der Waals surface area (Å²) in [6, 6.07) is 14.5. The van der Waals surface area contributed by atoms with E-state index in [1.807, 2.05) is 6.07 Å². The number of rotatable bonds is 1. The van der Waals surface area contributed by atoms with Crippen LogP contribution >= 0.6 is 0 Å². The van der Waals surface area contributed by atoms with Crippen molar-refractivity contribution in [2.45, 2.75) is 4.90 Å². The fourth-order valence-electron chi connectivity index (χ4n) is 2.06. The highest BCUT2D eigenvalue weighted by molar-refractivity contribution is 7.90. The van der Waals surface area contributed by atoms with Gasteiger partial charge in [-0.1, -0.05) is 36.4 Å². The first-order chi connectivity index (χ1) is 10.1. The SMILES string of the molecule is O=C(Nc1ccccc1)N1C=Cc2ccccc2S1(=O)=O. The van der Waals surface area contributed by atoms with Crippen molar-refractivity contribution in [3.05, 3.63) is 66.4 Å². The van der Waals surface area contributed by atoms with E-state index in [9.17, 15) is 13.2 Å². The summed E-state index contributed by atoms with van der Waals surface area (Å²) in [7, 11) is -3.87. The van der Waals surface area contributed by atoms with Crippen molar-refractivity contribution in [2.75, 3.05) is 5.32 Å². The lowest BCUT2D eigenvalue weighted by Gasteiger charge is -2.23. The Bertz CT molecular complexity index is 814. The lowest BCUT2D eigenvalue weighted by atomic mass is 10.2. The Morgan fingerprint density at radius 3 is 2.38 bits per heavy atom. The normalized spacial score (nSPS) is 15.3. The molecule has 0 fully saturated rings. The molecule has 0 saturated heterocycles. The maximum atomic E-state index is 12.4. The molecular formula is C15H12N2O3S. The van der Waals surface area contributed by atoms with Crippen LogP contribution in [0.15, 0.2) is 65.7 Å². The number of hydrogen-bond donors (Lipinski definition) is 1. The Kier molecular flexibility index (Phi) is 3.23. The molecule has 0 bridgehead atoms. The molecule has 1 aliphatic rings. The third kappa shape index (κ3) is 2.41. The van der Waals surface area contributed by atoms with Crippen molar-refractivity contribution < 1.29 is 13.2 Å². The van der Waals surface area contributed by atoms with Gasteiger partial charge in [-0.15, -0.1) is 0 Å². The predicted octanol–water partition coefficient (Wildman–Crippen LogP) is 2.89. The number of sulfonamides is 1. The van der Waals surface area contributed by atoms with Crippen molar-refractivity contribution in [3.8, 4) is 0 Å². The molecule has 1 heterocycles. The molecule has 3 rings (SSSR count). The van der Waals surface area contributed by atoms with Crippen molar-refractivity contribution >= 4 is 27.8 Å². The van der Waals surface area contributed by atoms with Crippen LogP contribution in [-0.4, -0.2) is 18.8 Å². The number of carbonyl (C=O) groups excluding carboxylic acids is 1. The van der Waals surface area contributed by atoms with Gasteiger partial charge >= 0.3 is 6.03 Å². The van der Waals surface area contributed by atoms with Crippen molar-refractivity contribution in [1.82, 2.24) is 4.31 Å². The van der Waals surface area contributed by atoms with E-state index < -0.39 is 16.1 Å². The third-order valence-electron chi connectivity index (χ3n) is 3.07. The van der Waals surface area contributed by atoms with Gasteiger partial charge in [0, 0.05) is 11.9 Å². The van der Waals surface area contributed by atoms with Crippen molar-refractivity contribution in [1.29, 1.82) is 0 Å². The quantitative estimate of drug-likeness (QED) is 0.880. The number of amides is 2. The number of nitrogens with one attached hydrogen (secondary N) is 1. The zero-order valence-electron chi connectivity index (χ0n) is 10.9. The number of anilines is 1. The molecule has 0 radical (unpaired) electrons. The molecule has 21 heavy (non-hydrogen) atoms. The molecule has 6 heteroatoms. The Morgan fingerprint density at radius 1 is 0.952 bits per heavy atom. The summed E-state index contributed by atoms with van der Waals surface area (Å²) in [6.07, 6.45) is 2.86. The molecule has 1 aliphatic heterocycles. The zero-order chi connectivity index (χ0) is 14.9. The van der Waals surface area contributed by atoms with Crippen LogP contribution in [0.4, 0.5) is 10.5 Å². The fourth-order valence-corrected chi connectivity index (χ4v) is 3.45. The van der Waals surface area contributed by atoms with E-state index >= 15 is 0 Å². The van der Waals surface area contributed by atoms with Gasteiger partial charge in [0.15, 0.2) is 0 Å². The molecule has 2 aromatic carbocycles. The standard InChI is InChI=1S/C15H12N2O3S/c18-15(16-13-7-2-1-3-8-13)17-11-10-12-6-4-5-9-14(12)21(17,19)20/h1-11H,(H,16,18). The Balaban J connectivity index is 1.93. The van der Waals surface area contributed by atoms with Gasteiger partial charge in [0.1, 0.15) is 0 Å². The molecule has 0 saturated carbocycles. The van der Waals surface area contributed by atoms with Crippen LogP contribution in [0.25, 0.3) is 6.08 Å². The van der Waals surface area contributed by atoms with Crippen molar-refractivity contribution in [2.24, 2.45) is 0 Å². The highest BCUT2D eigenvalue weighted by Crippen LogP contribution is 2.27.